The molecule has 0 spiro atoms. The number of benzene rings is 1. The molecule has 1 saturated heterocycles. The van der Waals surface area contributed by atoms with Crippen LogP contribution < -0.4 is 15.4 Å². The number of guanidine groups is 1. The van der Waals surface area contributed by atoms with E-state index in [1.165, 1.54) is 38.6 Å². The van der Waals surface area contributed by atoms with Gasteiger partial charge in [0.25, 0.3) is 0 Å². The molecule has 0 aromatic heterocycles. The maximum absolute atomic E-state index is 11.4. The number of aliphatic imine (C=N–C) groups is 1. The molecule has 0 radical (unpaired) electrons. The molecule has 1 aromatic carbocycles. The Morgan fingerprint density at radius 3 is 2.38 bits per heavy atom. The number of hydrogen-bond donors (Lipinski definition) is 2. The van der Waals surface area contributed by atoms with Gasteiger partial charge in [0, 0.05) is 26.4 Å². The number of hydrogen-bond acceptors (Lipinski definition) is 5. The van der Waals surface area contributed by atoms with E-state index in [-0.39, 0.29) is 0 Å². The molecule has 0 saturated carbocycles. The van der Waals surface area contributed by atoms with Crippen LogP contribution in [0.3, 0.4) is 0 Å². The summed E-state index contributed by atoms with van der Waals surface area (Å²) in [6.07, 6.45) is 5.14. The van der Waals surface area contributed by atoms with E-state index in [0.29, 0.717) is 23.8 Å². The van der Waals surface area contributed by atoms with E-state index >= 15 is 0 Å². The zero-order valence-electron chi connectivity index (χ0n) is 15.7. The van der Waals surface area contributed by atoms with Gasteiger partial charge in [0.15, 0.2) is 15.8 Å². The molecule has 1 aliphatic rings. The van der Waals surface area contributed by atoms with Crippen LogP contribution in [0.1, 0.15) is 19.3 Å². The van der Waals surface area contributed by atoms with Crippen LogP contribution in [0.2, 0.25) is 0 Å². The van der Waals surface area contributed by atoms with Crippen molar-refractivity contribution in [1.29, 1.82) is 0 Å². The first-order valence-corrected chi connectivity index (χ1v) is 11.0. The number of nitrogens with zero attached hydrogens (tertiary/aromatic N) is 2. The van der Waals surface area contributed by atoms with Gasteiger partial charge in [-0.05, 0) is 50.2 Å². The number of rotatable bonds is 8. The lowest BCUT2D eigenvalue weighted by atomic mass is 10.1. The van der Waals surface area contributed by atoms with Crippen molar-refractivity contribution < 1.29 is 13.2 Å². The first kappa shape index (κ1) is 20.5. The van der Waals surface area contributed by atoms with Crippen LogP contribution in [0.15, 0.2) is 34.2 Å². The van der Waals surface area contributed by atoms with Gasteiger partial charge >= 0.3 is 0 Å². The lowest BCUT2D eigenvalue weighted by molar-refractivity contribution is 0.232. The highest BCUT2D eigenvalue weighted by Gasteiger charge is 2.09. The number of sulfone groups is 1. The molecule has 2 rings (SSSR count). The van der Waals surface area contributed by atoms with Crippen molar-refractivity contribution >= 4 is 15.8 Å². The summed E-state index contributed by atoms with van der Waals surface area (Å²) >= 11 is 0. The van der Waals surface area contributed by atoms with Crippen molar-refractivity contribution in [2.24, 2.45) is 4.99 Å². The molecule has 8 heteroatoms. The van der Waals surface area contributed by atoms with Crippen molar-refractivity contribution in [2.75, 3.05) is 52.6 Å². The van der Waals surface area contributed by atoms with Gasteiger partial charge in [-0.1, -0.05) is 6.42 Å². The third-order valence-corrected chi connectivity index (χ3v) is 5.44. The van der Waals surface area contributed by atoms with Gasteiger partial charge in [-0.25, -0.2) is 8.42 Å². The van der Waals surface area contributed by atoms with Gasteiger partial charge in [-0.3, -0.25) is 4.99 Å². The molecule has 1 heterocycles. The van der Waals surface area contributed by atoms with Crippen molar-refractivity contribution in [3.8, 4) is 5.75 Å². The minimum atomic E-state index is -3.17. The SMILES string of the molecule is CN=C(NCCOc1ccc(S(C)(=O)=O)cc1)NCCN1CCCCC1. The van der Waals surface area contributed by atoms with Crippen LogP contribution in [0.25, 0.3) is 0 Å². The molecule has 26 heavy (non-hydrogen) atoms. The molecular weight excluding hydrogens is 352 g/mol. The monoisotopic (exact) mass is 382 g/mol. The van der Waals surface area contributed by atoms with E-state index in [1.54, 1.807) is 31.3 Å². The van der Waals surface area contributed by atoms with Gasteiger partial charge in [-0.2, -0.15) is 0 Å². The number of nitrogens with one attached hydrogen (secondary N) is 2. The Kier molecular flexibility index (Phi) is 8.18. The topological polar surface area (TPSA) is 83.0 Å². The van der Waals surface area contributed by atoms with E-state index in [1.807, 2.05) is 0 Å². The molecule has 0 unspecified atom stereocenters. The average molecular weight is 383 g/mol. The molecule has 1 aromatic rings. The molecule has 0 aliphatic carbocycles. The Morgan fingerprint density at radius 2 is 1.77 bits per heavy atom. The number of piperidine rings is 1. The fourth-order valence-corrected chi connectivity index (χ4v) is 3.49. The van der Waals surface area contributed by atoms with Gasteiger partial charge in [0.05, 0.1) is 11.4 Å². The van der Waals surface area contributed by atoms with Crippen molar-refractivity contribution in [2.45, 2.75) is 24.2 Å². The van der Waals surface area contributed by atoms with Crippen molar-refractivity contribution in [3.05, 3.63) is 24.3 Å². The Balaban J connectivity index is 1.62. The zero-order chi connectivity index (χ0) is 18.8. The largest absolute Gasteiger partial charge is 0.492 e. The quantitative estimate of drug-likeness (QED) is 0.398. The number of likely N-dealkylation sites (tertiary alicyclic amines) is 1. The zero-order valence-corrected chi connectivity index (χ0v) is 16.5. The molecule has 1 fully saturated rings. The first-order valence-electron chi connectivity index (χ1n) is 9.09. The maximum Gasteiger partial charge on any atom is 0.191 e. The first-order chi connectivity index (χ1) is 12.5. The Bertz CT molecular complexity index is 668. The lowest BCUT2D eigenvalue weighted by Crippen LogP contribution is -2.43. The van der Waals surface area contributed by atoms with E-state index in [0.717, 1.165) is 19.0 Å². The minimum Gasteiger partial charge on any atom is -0.492 e. The van der Waals surface area contributed by atoms with Crippen LogP contribution in [0.4, 0.5) is 0 Å². The summed E-state index contributed by atoms with van der Waals surface area (Å²) in [6.45, 7) is 5.36. The Labute approximate surface area is 156 Å². The summed E-state index contributed by atoms with van der Waals surface area (Å²) in [7, 11) is -1.42. The van der Waals surface area contributed by atoms with Gasteiger partial charge in [0.1, 0.15) is 12.4 Å². The smallest absolute Gasteiger partial charge is 0.191 e. The van der Waals surface area contributed by atoms with E-state index < -0.39 is 9.84 Å². The summed E-state index contributed by atoms with van der Waals surface area (Å²) in [6, 6.07) is 6.45. The maximum atomic E-state index is 11.4. The summed E-state index contributed by atoms with van der Waals surface area (Å²) < 4.78 is 28.5. The van der Waals surface area contributed by atoms with Crippen molar-refractivity contribution in [3.63, 3.8) is 0 Å². The summed E-state index contributed by atoms with van der Waals surface area (Å²) in [5.74, 6) is 1.41. The Hall–Kier alpha value is -1.80. The van der Waals surface area contributed by atoms with Crippen LogP contribution in [-0.2, 0) is 9.84 Å². The Morgan fingerprint density at radius 1 is 1.12 bits per heavy atom. The summed E-state index contributed by atoms with van der Waals surface area (Å²) in [5, 5.41) is 6.53. The molecule has 2 N–H and O–H groups in total. The van der Waals surface area contributed by atoms with Crippen LogP contribution in [0.5, 0.6) is 5.75 Å². The lowest BCUT2D eigenvalue weighted by Gasteiger charge is -2.26. The molecular formula is C18H30N4O3S. The average Bonchev–Trinajstić information content (AvgIpc) is 2.64. The fraction of sp³-hybridized carbons (Fsp3) is 0.611. The molecule has 146 valence electrons. The van der Waals surface area contributed by atoms with Crippen LogP contribution in [-0.4, -0.2) is 71.9 Å². The second-order valence-electron chi connectivity index (χ2n) is 6.42. The fourth-order valence-electron chi connectivity index (χ4n) is 2.86. The predicted octanol–water partition coefficient (Wildman–Crippen LogP) is 1.12. The summed E-state index contributed by atoms with van der Waals surface area (Å²) in [5.41, 5.74) is 0. The normalized spacial score (nSPS) is 16.3. The molecule has 0 atom stereocenters. The molecule has 1 aliphatic heterocycles. The van der Waals surface area contributed by atoms with E-state index in [9.17, 15) is 8.42 Å². The van der Waals surface area contributed by atoms with Crippen LogP contribution in [0, 0.1) is 0 Å². The molecule has 0 amide bonds. The minimum absolute atomic E-state index is 0.293. The van der Waals surface area contributed by atoms with Crippen molar-refractivity contribution in [1.82, 2.24) is 15.5 Å². The standard InChI is InChI=1S/C18H30N4O3S/c1-19-18(20-10-14-22-12-4-3-5-13-22)21-11-15-25-16-6-8-17(9-7-16)26(2,23)24/h6-9H,3-5,10-15H2,1-2H3,(H2,19,20,21). The van der Waals surface area contributed by atoms with E-state index in [2.05, 4.69) is 20.5 Å². The van der Waals surface area contributed by atoms with Gasteiger partial charge < -0.3 is 20.3 Å². The van der Waals surface area contributed by atoms with Gasteiger partial charge in [-0.15, -0.1) is 0 Å². The third-order valence-electron chi connectivity index (χ3n) is 4.31. The third kappa shape index (κ3) is 7.21. The van der Waals surface area contributed by atoms with Gasteiger partial charge in [0.2, 0.25) is 0 Å². The predicted molar refractivity (Wildman–Crippen MR) is 105 cm³/mol. The highest BCUT2D eigenvalue weighted by Crippen LogP contribution is 2.15. The number of ether oxygens (including phenoxy) is 1. The van der Waals surface area contributed by atoms with Crippen LogP contribution >= 0.6 is 0 Å². The van der Waals surface area contributed by atoms with E-state index in [4.69, 9.17) is 4.74 Å². The summed E-state index contributed by atoms with van der Waals surface area (Å²) in [4.78, 5) is 6.98. The highest BCUT2D eigenvalue weighted by molar-refractivity contribution is 7.90. The highest BCUT2D eigenvalue weighted by atomic mass is 32.2. The second kappa shape index (κ2) is 10.4. The second-order valence-corrected chi connectivity index (χ2v) is 8.44. The molecule has 7 nitrogen and oxygen atoms in total. The molecule has 0 bridgehead atoms.